The zero-order valence-electron chi connectivity index (χ0n) is 8.46. The second kappa shape index (κ2) is 4.39. The van der Waals surface area contributed by atoms with Crippen LogP contribution in [0.4, 0.5) is 0 Å². The molecule has 1 aromatic carbocycles. The van der Waals surface area contributed by atoms with Gasteiger partial charge in [0, 0.05) is 10.7 Å². The molecule has 2 aromatic rings. The van der Waals surface area contributed by atoms with Gasteiger partial charge in [-0.1, -0.05) is 6.07 Å². The smallest absolute Gasteiger partial charge is 0.356 e. The van der Waals surface area contributed by atoms with Crippen molar-refractivity contribution in [2.75, 3.05) is 0 Å². The molecule has 0 amide bonds. The topological polar surface area (TPSA) is 78.9 Å². The number of aromatic nitrogens is 2. The first-order valence-electron chi connectivity index (χ1n) is 4.61. The van der Waals surface area contributed by atoms with Crippen molar-refractivity contribution in [2.24, 2.45) is 0 Å². The minimum atomic E-state index is -1.10. The molecule has 0 unspecified atom stereocenters. The summed E-state index contributed by atoms with van der Waals surface area (Å²) in [6.07, 6.45) is 1.51. The van der Waals surface area contributed by atoms with Gasteiger partial charge < -0.3 is 5.11 Å². The highest BCUT2D eigenvalue weighted by molar-refractivity contribution is 9.10. The lowest BCUT2D eigenvalue weighted by Gasteiger charge is -2.04. The average Bonchev–Trinajstić information content (AvgIpc) is 2.77. The molecule has 0 fully saturated rings. The summed E-state index contributed by atoms with van der Waals surface area (Å²) in [5.41, 5.74) is 0.885. The van der Waals surface area contributed by atoms with E-state index < -0.39 is 5.97 Å². The third-order valence-electron chi connectivity index (χ3n) is 2.16. The minimum Gasteiger partial charge on any atom is -0.476 e. The zero-order chi connectivity index (χ0) is 12.4. The molecule has 0 saturated heterocycles. The molecule has 0 radical (unpaired) electrons. The van der Waals surface area contributed by atoms with Gasteiger partial charge in [-0.3, -0.25) is 0 Å². The number of halogens is 1. The lowest BCUT2D eigenvalue weighted by molar-refractivity contribution is 0.0690. The second-order valence-electron chi connectivity index (χ2n) is 3.20. The molecule has 5 nitrogen and oxygen atoms in total. The molecule has 1 N–H and O–H groups in total. The second-order valence-corrected chi connectivity index (χ2v) is 4.05. The Hall–Kier alpha value is -2.13. The van der Waals surface area contributed by atoms with Crippen LogP contribution in [0.5, 0.6) is 0 Å². The largest absolute Gasteiger partial charge is 0.476 e. The first-order chi connectivity index (χ1) is 8.13. The van der Waals surface area contributed by atoms with E-state index in [2.05, 4.69) is 21.0 Å². The van der Waals surface area contributed by atoms with E-state index in [0.29, 0.717) is 15.7 Å². The summed E-state index contributed by atoms with van der Waals surface area (Å²) in [6.45, 7) is 0. The van der Waals surface area contributed by atoms with E-state index in [1.807, 2.05) is 6.07 Å². The summed E-state index contributed by atoms with van der Waals surface area (Å²) >= 11 is 3.26. The molecule has 1 aromatic heterocycles. The predicted octanol–water partition coefficient (Wildman–Crippen LogP) is 2.20. The summed E-state index contributed by atoms with van der Waals surface area (Å²) in [6, 6.07) is 8.61. The van der Waals surface area contributed by atoms with Gasteiger partial charge >= 0.3 is 5.97 Å². The van der Waals surface area contributed by atoms with Crippen molar-refractivity contribution >= 4 is 21.9 Å². The van der Waals surface area contributed by atoms with Gasteiger partial charge in [0.1, 0.15) is 6.07 Å². The van der Waals surface area contributed by atoms with Crippen LogP contribution in [0.2, 0.25) is 0 Å². The van der Waals surface area contributed by atoms with Crippen LogP contribution < -0.4 is 0 Å². The maximum atomic E-state index is 10.7. The number of carbonyl (C=O) groups is 1. The fraction of sp³-hybridized carbons (Fsp3) is 0. The molecule has 17 heavy (non-hydrogen) atoms. The van der Waals surface area contributed by atoms with Crippen molar-refractivity contribution in [3.8, 4) is 11.8 Å². The van der Waals surface area contributed by atoms with Gasteiger partial charge in [0.2, 0.25) is 0 Å². The van der Waals surface area contributed by atoms with Crippen LogP contribution in [0.1, 0.15) is 16.1 Å². The fourth-order valence-corrected chi connectivity index (χ4v) is 1.83. The van der Waals surface area contributed by atoms with E-state index in [1.165, 1.54) is 16.9 Å². The van der Waals surface area contributed by atoms with Crippen molar-refractivity contribution in [3.63, 3.8) is 0 Å². The zero-order valence-corrected chi connectivity index (χ0v) is 10.0. The Balaban J connectivity index is 2.57. The summed E-state index contributed by atoms with van der Waals surface area (Å²) in [7, 11) is 0. The first kappa shape index (κ1) is 11.4. The van der Waals surface area contributed by atoms with Crippen molar-refractivity contribution in [1.82, 2.24) is 9.78 Å². The van der Waals surface area contributed by atoms with E-state index in [0.717, 1.165) is 0 Å². The standard InChI is InChI=1S/C11H6BrN3O2/c12-8-2-1-3-10(7(8)6-13)15-5-4-9(14-15)11(16)17/h1-5H,(H,16,17). The van der Waals surface area contributed by atoms with E-state index >= 15 is 0 Å². The van der Waals surface area contributed by atoms with Gasteiger partial charge in [0.15, 0.2) is 5.69 Å². The van der Waals surface area contributed by atoms with Crippen LogP contribution in [-0.2, 0) is 0 Å². The lowest BCUT2D eigenvalue weighted by Crippen LogP contribution is -2.02. The number of nitriles is 1. The highest BCUT2D eigenvalue weighted by atomic mass is 79.9. The van der Waals surface area contributed by atoms with Gasteiger partial charge in [-0.05, 0) is 34.1 Å². The lowest BCUT2D eigenvalue weighted by atomic mass is 10.2. The summed E-state index contributed by atoms with van der Waals surface area (Å²) in [5.74, 6) is -1.10. The molecule has 0 aliphatic heterocycles. The summed E-state index contributed by atoms with van der Waals surface area (Å²) in [5, 5.41) is 21.7. The van der Waals surface area contributed by atoms with Gasteiger partial charge in [0.05, 0.1) is 11.3 Å². The molecule has 0 aliphatic carbocycles. The predicted molar refractivity (Wildman–Crippen MR) is 62.9 cm³/mol. The Kier molecular flexibility index (Phi) is 2.93. The van der Waals surface area contributed by atoms with Gasteiger partial charge in [0.25, 0.3) is 0 Å². The van der Waals surface area contributed by atoms with Gasteiger partial charge in [-0.15, -0.1) is 0 Å². The number of hydrogen-bond acceptors (Lipinski definition) is 3. The van der Waals surface area contributed by atoms with Crippen LogP contribution in [0, 0.1) is 11.3 Å². The third-order valence-corrected chi connectivity index (χ3v) is 2.82. The van der Waals surface area contributed by atoms with Crippen LogP contribution in [0.15, 0.2) is 34.9 Å². The average molecular weight is 292 g/mol. The molecule has 0 aliphatic rings. The SMILES string of the molecule is N#Cc1c(Br)cccc1-n1ccc(C(=O)O)n1. The number of carboxylic acids is 1. The first-order valence-corrected chi connectivity index (χ1v) is 5.40. The van der Waals surface area contributed by atoms with Crippen LogP contribution in [-0.4, -0.2) is 20.9 Å². The quantitative estimate of drug-likeness (QED) is 0.920. The highest BCUT2D eigenvalue weighted by Gasteiger charge is 2.11. The normalized spacial score (nSPS) is 9.88. The number of rotatable bonds is 2. The van der Waals surface area contributed by atoms with Crippen molar-refractivity contribution in [3.05, 3.63) is 46.2 Å². The van der Waals surface area contributed by atoms with Crippen LogP contribution >= 0.6 is 15.9 Å². The van der Waals surface area contributed by atoms with Crippen molar-refractivity contribution in [2.45, 2.75) is 0 Å². The molecule has 1 heterocycles. The van der Waals surface area contributed by atoms with Crippen molar-refractivity contribution < 1.29 is 9.90 Å². The van der Waals surface area contributed by atoms with Gasteiger partial charge in [-0.25, -0.2) is 9.48 Å². The molecule has 0 saturated carbocycles. The van der Waals surface area contributed by atoms with E-state index in [9.17, 15) is 4.79 Å². The number of aromatic carboxylic acids is 1. The Bertz CT molecular complexity index is 628. The molecular weight excluding hydrogens is 286 g/mol. The molecule has 0 bridgehead atoms. The Morgan fingerprint density at radius 1 is 1.47 bits per heavy atom. The van der Waals surface area contributed by atoms with E-state index in [4.69, 9.17) is 10.4 Å². The molecule has 6 heteroatoms. The number of carboxylic acid groups (broad SMARTS) is 1. The Morgan fingerprint density at radius 2 is 2.24 bits per heavy atom. The molecule has 0 atom stereocenters. The summed E-state index contributed by atoms with van der Waals surface area (Å²) in [4.78, 5) is 10.7. The Labute approximate surface area is 105 Å². The molecular formula is C11H6BrN3O2. The summed E-state index contributed by atoms with van der Waals surface area (Å²) < 4.78 is 2.01. The number of nitrogens with zero attached hydrogens (tertiary/aromatic N) is 3. The monoisotopic (exact) mass is 291 g/mol. The fourth-order valence-electron chi connectivity index (χ4n) is 1.39. The highest BCUT2D eigenvalue weighted by Crippen LogP contribution is 2.22. The number of benzene rings is 1. The van der Waals surface area contributed by atoms with Gasteiger partial charge in [-0.2, -0.15) is 10.4 Å². The van der Waals surface area contributed by atoms with Crippen molar-refractivity contribution in [1.29, 1.82) is 5.26 Å². The number of hydrogen-bond donors (Lipinski definition) is 1. The van der Waals surface area contributed by atoms with Crippen LogP contribution in [0.3, 0.4) is 0 Å². The van der Waals surface area contributed by atoms with E-state index in [1.54, 1.807) is 18.2 Å². The molecule has 84 valence electrons. The maximum Gasteiger partial charge on any atom is 0.356 e. The Morgan fingerprint density at radius 3 is 2.82 bits per heavy atom. The molecule has 0 spiro atoms. The third kappa shape index (κ3) is 2.05. The van der Waals surface area contributed by atoms with Crippen LogP contribution in [0.25, 0.3) is 5.69 Å². The van der Waals surface area contributed by atoms with E-state index in [-0.39, 0.29) is 5.69 Å². The molecule has 2 rings (SSSR count). The minimum absolute atomic E-state index is 0.0612. The maximum absolute atomic E-state index is 10.7.